The van der Waals surface area contributed by atoms with Crippen molar-refractivity contribution in [2.24, 2.45) is 0 Å². The van der Waals surface area contributed by atoms with Crippen LogP contribution in [0.15, 0.2) is 54.6 Å². The lowest BCUT2D eigenvalue weighted by Crippen LogP contribution is -2.48. The van der Waals surface area contributed by atoms with E-state index >= 15 is 0 Å². The number of hydrazine groups is 1. The Balaban J connectivity index is 1.56. The van der Waals surface area contributed by atoms with E-state index in [0.717, 1.165) is 23.0 Å². The minimum Gasteiger partial charge on any atom is -0.483 e. The topological polar surface area (TPSA) is 62.4 Å². The molecular formula is C18H20IN3O2S. The molecule has 5 nitrogen and oxygen atoms in total. The number of hydrogen-bond acceptors (Lipinski definition) is 3. The van der Waals surface area contributed by atoms with E-state index in [1.807, 2.05) is 42.5 Å². The molecule has 2 aromatic rings. The van der Waals surface area contributed by atoms with Gasteiger partial charge in [-0.25, -0.2) is 0 Å². The number of nitrogens with one attached hydrogen (secondary N) is 3. The molecule has 0 saturated carbocycles. The molecule has 132 valence electrons. The summed E-state index contributed by atoms with van der Waals surface area (Å²) in [7, 11) is 0. The van der Waals surface area contributed by atoms with Gasteiger partial charge in [0, 0.05) is 6.54 Å². The van der Waals surface area contributed by atoms with E-state index in [9.17, 15) is 4.79 Å². The molecule has 0 radical (unpaired) electrons. The number of benzene rings is 2. The first-order valence-corrected chi connectivity index (χ1v) is 9.38. The van der Waals surface area contributed by atoms with Gasteiger partial charge in [0.1, 0.15) is 5.75 Å². The van der Waals surface area contributed by atoms with Crippen molar-refractivity contribution in [1.82, 2.24) is 16.2 Å². The molecule has 0 aliphatic carbocycles. The number of rotatable bonds is 7. The lowest BCUT2D eigenvalue weighted by atomic mass is 10.1. The molecule has 0 unspecified atom stereocenters. The lowest BCUT2D eigenvalue weighted by molar-refractivity contribution is -0.123. The van der Waals surface area contributed by atoms with Gasteiger partial charge in [-0.1, -0.05) is 42.5 Å². The van der Waals surface area contributed by atoms with Crippen LogP contribution >= 0.6 is 34.8 Å². The largest absolute Gasteiger partial charge is 0.483 e. The van der Waals surface area contributed by atoms with E-state index in [1.165, 1.54) is 5.56 Å². The third kappa shape index (κ3) is 7.70. The van der Waals surface area contributed by atoms with Crippen LogP contribution in [-0.4, -0.2) is 24.2 Å². The standard InChI is InChI=1S/C18H20IN3O2S/c19-15-10-4-5-11-16(15)24-13-17(23)21-22-18(25)20-12-6-9-14-7-2-1-3-8-14/h1-5,7-8,10-11H,6,9,12-13H2,(H,21,23)(H2,20,22,25). The maximum absolute atomic E-state index is 11.8. The van der Waals surface area contributed by atoms with Gasteiger partial charge in [-0.15, -0.1) is 0 Å². The Morgan fingerprint density at radius 1 is 1.04 bits per heavy atom. The first-order valence-electron chi connectivity index (χ1n) is 7.89. The van der Waals surface area contributed by atoms with Gasteiger partial charge < -0.3 is 10.1 Å². The monoisotopic (exact) mass is 469 g/mol. The molecule has 0 bridgehead atoms. The van der Waals surface area contributed by atoms with E-state index in [1.54, 1.807) is 0 Å². The Bertz CT molecular complexity index is 698. The third-order valence-electron chi connectivity index (χ3n) is 3.28. The summed E-state index contributed by atoms with van der Waals surface area (Å²) >= 11 is 7.28. The maximum atomic E-state index is 11.8. The van der Waals surface area contributed by atoms with Gasteiger partial charge in [0.2, 0.25) is 0 Å². The summed E-state index contributed by atoms with van der Waals surface area (Å²) in [6.45, 7) is 0.652. The molecule has 0 aliphatic rings. The van der Waals surface area contributed by atoms with Crippen molar-refractivity contribution in [3.8, 4) is 5.75 Å². The molecule has 1 amide bonds. The fourth-order valence-corrected chi connectivity index (χ4v) is 2.75. The highest BCUT2D eigenvalue weighted by Gasteiger charge is 2.05. The summed E-state index contributed by atoms with van der Waals surface area (Å²) in [5, 5.41) is 3.44. The highest BCUT2D eigenvalue weighted by molar-refractivity contribution is 14.1. The number of amides is 1. The van der Waals surface area contributed by atoms with Crippen molar-refractivity contribution in [1.29, 1.82) is 0 Å². The van der Waals surface area contributed by atoms with E-state index in [0.29, 0.717) is 10.9 Å². The van der Waals surface area contributed by atoms with E-state index in [4.69, 9.17) is 17.0 Å². The van der Waals surface area contributed by atoms with Crippen LogP contribution in [0.3, 0.4) is 0 Å². The molecule has 0 aromatic heterocycles. The summed E-state index contributed by atoms with van der Waals surface area (Å²) in [6.07, 6.45) is 1.93. The van der Waals surface area contributed by atoms with Crippen molar-refractivity contribution in [3.63, 3.8) is 0 Å². The predicted molar refractivity (Wildman–Crippen MR) is 111 cm³/mol. The predicted octanol–water partition coefficient (Wildman–Crippen LogP) is 2.80. The number of carbonyl (C=O) groups excluding carboxylic acids is 1. The van der Waals surface area contributed by atoms with Gasteiger partial charge in [-0.2, -0.15) is 0 Å². The van der Waals surface area contributed by atoms with E-state index < -0.39 is 0 Å². The van der Waals surface area contributed by atoms with Crippen molar-refractivity contribution in [2.45, 2.75) is 12.8 Å². The molecule has 2 aromatic carbocycles. The Kier molecular flexibility index (Phi) is 8.47. The van der Waals surface area contributed by atoms with Crippen molar-refractivity contribution >= 4 is 45.8 Å². The molecule has 7 heteroatoms. The molecule has 0 aliphatic heterocycles. The average molecular weight is 469 g/mol. The minimum absolute atomic E-state index is 0.0797. The summed E-state index contributed by atoms with van der Waals surface area (Å²) in [5.74, 6) is 0.382. The molecule has 2 rings (SSSR count). The van der Waals surface area contributed by atoms with E-state index in [-0.39, 0.29) is 12.5 Å². The van der Waals surface area contributed by atoms with Gasteiger partial charge in [-0.3, -0.25) is 15.6 Å². The number of thiocarbonyl (C=S) groups is 1. The molecule has 25 heavy (non-hydrogen) atoms. The zero-order valence-electron chi connectivity index (χ0n) is 13.6. The SMILES string of the molecule is O=C(COc1ccccc1I)NNC(=S)NCCCc1ccccc1. The number of aryl methyl sites for hydroxylation is 1. The molecular weight excluding hydrogens is 449 g/mol. The zero-order chi connectivity index (χ0) is 17.9. The second kappa shape index (κ2) is 10.9. The van der Waals surface area contributed by atoms with Crippen molar-refractivity contribution in [3.05, 3.63) is 63.7 Å². The van der Waals surface area contributed by atoms with Crippen LogP contribution in [0.5, 0.6) is 5.75 Å². The van der Waals surface area contributed by atoms with E-state index in [2.05, 4.69) is 50.9 Å². The minimum atomic E-state index is -0.298. The Hall–Kier alpha value is -1.87. The molecule has 0 fully saturated rings. The molecule has 0 saturated heterocycles. The van der Waals surface area contributed by atoms with Crippen LogP contribution in [0, 0.1) is 3.57 Å². The molecule has 0 atom stereocenters. The second-order valence-electron chi connectivity index (χ2n) is 5.24. The smallest absolute Gasteiger partial charge is 0.276 e. The highest BCUT2D eigenvalue weighted by Crippen LogP contribution is 2.19. The number of carbonyl (C=O) groups is 1. The number of hydrogen-bond donors (Lipinski definition) is 3. The Morgan fingerprint density at radius 2 is 1.76 bits per heavy atom. The lowest BCUT2D eigenvalue weighted by Gasteiger charge is -2.12. The molecule has 3 N–H and O–H groups in total. The first kappa shape index (κ1) is 19.5. The van der Waals surface area contributed by atoms with Crippen LogP contribution in [0.4, 0.5) is 0 Å². The normalized spacial score (nSPS) is 9.96. The fraction of sp³-hybridized carbons (Fsp3) is 0.222. The van der Waals surface area contributed by atoms with Gasteiger partial charge >= 0.3 is 0 Å². The number of ether oxygens (including phenoxy) is 1. The van der Waals surface area contributed by atoms with Gasteiger partial charge in [-0.05, 0) is 65.3 Å². The molecule has 0 spiro atoms. The van der Waals surface area contributed by atoms with Crippen LogP contribution in [0.2, 0.25) is 0 Å². The second-order valence-corrected chi connectivity index (χ2v) is 6.81. The average Bonchev–Trinajstić information content (AvgIpc) is 2.64. The van der Waals surface area contributed by atoms with Gasteiger partial charge in [0.25, 0.3) is 5.91 Å². The van der Waals surface area contributed by atoms with Crippen molar-refractivity contribution in [2.75, 3.05) is 13.2 Å². The third-order valence-corrected chi connectivity index (χ3v) is 4.42. The summed E-state index contributed by atoms with van der Waals surface area (Å²) < 4.78 is 6.41. The Morgan fingerprint density at radius 3 is 2.52 bits per heavy atom. The Labute approximate surface area is 166 Å². The van der Waals surface area contributed by atoms with Crippen LogP contribution in [0.25, 0.3) is 0 Å². The quantitative estimate of drug-likeness (QED) is 0.252. The zero-order valence-corrected chi connectivity index (χ0v) is 16.6. The van der Waals surface area contributed by atoms with Gasteiger partial charge in [0.05, 0.1) is 3.57 Å². The summed E-state index contributed by atoms with van der Waals surface area (Å²) in [5.41, 5.74) is 6.48. The number of halogens is 1. The van der Waals surface area contributed by atoms with Gasteiger partial charge in [0.15, 0.2) is 11.7 Å². The fourth-order valence-electron chi connectivity index (χ4n) is 2.05. The first-order chi connectivity index (χ1) is 12.1. The highest BCUT2D eigenvalue weighted by atomic mass is 127. The summed E-state index contributed by atoms with van der Waals surface area (Å²) in [4.78, 5) is 11.8. The van der Waals surface area contributed by atoms with Crippen LogP contribution in [0.1, 0.15) is 12.0 Å². The summed E-state index contributed by atoms with van der Waals surface area (Å²) in [6, 6.07) is 17.8. The van der Waals surface area contributed by atoms with Crippen LogP contribution in [-0.2, 0) is 11.2 Å². The van der Waals surface area contributed by atoms with Crippen LogP contribution < -0.4 is 20.9 Å². The van der Waals surface area contributed by atoms with Crippen molar-refractivity contribution < 1.29 is 9.53 Å². The molecule has 0 heterocycles. The number of para-hydroxylation sites is 1. The maximum Gasteiger partial charge on any atom is 0.276 e.